The molecule has 1 aliphatic heterocycles. The molecule has 17 heavy (non-hydrogen) atoms. The zero-order chi connectivity index (χ0) is 11.9. The van der Waals surface area contributed by atoms with Crippen LogP contribution in [0.5, 0.6) is 0 Å². The zero-order valence-corrected chi connectivity index (χ0v) is 11.0. The summed E-state index contributed by atoms with van der Waals surface area (Å²) in [6.45, 7) is 4.74. The van der Waals surface area contributed by atoms with Crippen LogP contribution in [0.1, 0.15) is 25.7 Å². The highest BCUT2D eigenvalue weighted by Gasteiger charge is 2.08. The van der Waals surface area contributed by atoms with Gasteiger partial charge in [-0.15, -0.1) is 0 Å². The molecular weight excluding hydrogens is 232 g/mol. The maximum Gasteiger partial charge on any atom is 0.0643 e. The molecule has 0 saturated carbocycles. The average molecular weight is 252 g/mol. The molecule has 0 unspecified atom stereocenters. The number of nitrogens with one attached hydrogen (secondary N) is 1. The molecule has 1 N–H and O–H groups in total. The van der Waals surface area contributed by atoms with E-state index in [-0.39, 0.29) is 0 Å². The Morgan fingerprint density at radius 1 is 1.29 bits per heavy atom. The van der Waals surface area contributed by atoms with Crippen molar-refractivity contribution in [3.05, 3.63) is 29.3 Å². The van der Waals surface area contributed by atoms with E-state index in [9.17, 15) is 0 Å². The number of anilines is 1. The van der Waals surface area contributed by atoms with Gasteiger partial charge in [-0.25, -0.2) is 0 Å². The number of nitrogens with zero attached hydrogens (tertiary/aromatic N) is 1. The Bertz CT molecular complexity index is 335. The van der Waals surface area contributed by atoms with Gasteiger partial charge >= 0.3 is 0 Å². The van der Waals surface area contributed by atoms with E-state index >= 15 is 0 Å². The molecule has 0 spiro atoms. The number of rotatable bonds is 5. The number of piperidine rings is 1. The number of hydrogen-bond donors (Lipinski definition) is 1. The molecule has 0 aromatic heterocycles. The van der Waals surface area contributed by atoms with Gasteiger partial charge in [-0.2, -0.15) is 0 Å². The molecule has 1 aromatic rings. The van der Waals surface area contributed by atoms with Crippen LogP contribution in [0, 0.1) is 6.07 Å². The van der Waals surface area contributed by atoms with Gasteiger partial charge in [-0.3, -0.25) is 0 Å². The van der Waals surface area contributed by atoms with Crippen molar-refractivity contribution in [2.24, 2.45) is 0 Å². The molecular formula is C14H20ClN2. The molecule has 1 fully saturated rings. The Balaban J connectivity index is 1.64. The summed E-state index contributed by atoms with van der Waals surface area (Å²) in [7, 11) is 0. The Hall–Kier alpha value is -0.730. The van der Waals surface area contributed by atoms with Crippen molar-refractivity contribution < 1.29 is 0 Å². The first-order valence-electron chi connectivity index (χ1n) is 6.48. The van der Waals surface area contributed by atoms with Gasteiger partial charge in [0.1, 0.15) is 0 Å². The van der Waals surface area contributed by atoms with Crippen molar-refractivity contribution in [1.82, 2.24) is 4.90 Å². The lowest BCUT2D eigenvalue weighted by Gasteiger charge is -2.26. The molecule has 0 aliphatic carbocycles. The van der Waals surface area contributed by atoms with Crippen molar-refractivity contribution in [3.8, 4) is 0 Å². The number of hydrogen-bond acceptors (Lipinski definition) is 2. The number of halogens is 1. The predicted octanol–water partition coefficient (Wildman–Crippen LogP) is 3.43. The summed E-state index contributed by atoms with van der Waals surface area (Å²) in [6, 6.07) is 8.63. The quantitative estimate of drug-likeness (QED) is 0.807. The molecule has 1 heterocycles. The summed E-state index contributed by atoms with van der Waals surface area (Å²) < 4.78 is 0. The van der Waals surface area contributed by atoms with Gasteiger partial charge in [0.05, 0.1) is 10.7 Å². The van der Waals surface area contributed by atoms with Crippen LogP contribution in [0.25, 0.3) is 0 Å². The largest absolute Gasteiger partial charge is 0.384 e. The molecule has 2 rings (SSSR count). The Labute approximate surface area is 109 Å². The van der Waals surface area contributed by atoms with Crippen molar-refractivity contribution in [1.29, 1.82) is 0 Å². The predicted molar refractivity (Wildman–Crippen MR) is 73.7 cm³/mol. The Morgan fingerprint density at radius 3 is 2.88 bits per heavy atom. The van der Waals surface area contributed by atoms with Crippen LogP contribution < -0.4 is 5.32 Å². The summed E-state index contributed by atoms with van der Waals surface area (Å²) in [6.07, 6.45) is 5.32. The molecule has 93 valence electrons. The average Bonchev–Trinajstić information content (AvgIpc) is 2.38. The maximum atomic E-state index is 6.05. The van der Waals surface area contributed by atoms with Crippen LogP contribution in [0.3, 0.4) is 0 Å². The molecule has 1 aromatic carbocycles. The van der Waals surface area contributed by atoms with Crippen LogP contribution in [0.2, 0.25) is 5.02 Å². The monoisotopic (exact) mass is 251 g/mol. The van der Waals surface area contributed by atoms with Gasteiger partial charge < -0.3 is 10.2 Å². The summed E-state index contributed by atoms with van der Waals surface area (Å²) >= 11 is 6.05. The fraction of sp³-hybridized carbons (Fsp3) is 0.571. The zero-order valence-electron chi connectivity index (χ0n) is 10.2. The second-order valence-electron chi connectivity index (χ2n) is 4.59. The maximum absolute atomic E-state index is 6.05. The van der Waals surface area contributed by atoms with Crippen LogP contribution in [-0.4, -0.2) is 31.1 Å². The van der Waals surface area contributed by atoms with Gasteiger partial charge in [-0.05, 0) is 57.1 Å². The Kier molecular flexibility index (Phi) is 5.14. The lowest BCUT2D eigenvalue weighted by Crippen LogP contribution is -2.31. The van der Waals surface area contributed by atoms with Crippen LogP contribution >= 0.6 is 11.6 Å². The van der Waals surface area contributed by atoms with E-state index in [1.807, 2.05) is 12.1 Å². The van der Waals surface area contributed by atoms with E-state index in [1.54, 1.807) is 6.07 Å². The third-order valence-electron chi connectivity index (χ3n) is 3.23. The first kappa shape index (κ1) is 12.7. The molecule has 1 saturated heterocycles. The second kappa shape index (κ2) is 6.87. The number of likely N-dealkylation sites (tertiary alicyclic amines) is 1. The van der Waals surface area contributed by atoms with E-state index in [2.05, 4.69) is 16.3 Å². The standard InChI is InChI=1S/C14H20ClN2/c15-13-7-2-3-8-14(13)16-9-6-12-17-10-4-1-5-11-17/h3,7-8,16H,1,4-6,9-12H2. The molecule has 0 amide bonds. The van der Waals surface area contributed by atoms with Crippen molar-refractivity contribution >= 4 is 17.3 Å². The molecule has 0 bridgehead atoms. The molecule has 2 nitrogen and oxygen atoms in total. The van der Waals surface area contributed by atoms with E-state index in [1.165, 1.54) is 45.3 Å². The highest BCUT2D eigenvalue weighted by molar-refractivity contribution is 6.33. The smallest absolute Gasteiger partial charge is 0.0643 e. The normalized spacial score (nSPS) is 17.0. The first-order chi connectivity index (χ1) is 8.36. The fourth-order valence-corrected chi connectivity index (χ4v) is 2.45. The topological polar surface area (TPSA) is 15.3 Å². The molecule has 3 heteroatoms. The third kappa shape index (κ3) is 4.21. The minimum absolute atomic E-state index is 0.755. The summed E-state index contributed by atoms with van der Waals surface area (Å²) in [4.78, 5) is 2.56. The van der Waals surface area contributed by atoms with Gasteiger partial charge in [0, 0.05) is 6.54 Å². The summed E-state index contributed by atoms with van der Waals surface area (Å²) in [5.41, 5.74) is 1.02. The Morgan fingerprint density at radius 2 is 2.12 bits per heavy atom. The van der Waals surface area contributed by atoms with Crippen LogP contribution in [0.4, 0.5) is 5.69 Å². The van der Waals surface area contributed by atoms with E-state index < -0.39 is 0 Å². The van der Waals surface area contributed by atoms with E-state index in [4.69, 9.17) is 11.6 Å². The van der Waals surface area contributed by atoms with E-state index in [0.717, 1.165) is 17.3 Å². The highest BCUT2D eigenvalue weighted by Crippen LogP contribution is 2.19. The summed E-state index contributed by atoms with van der Waals surface area (Å²) in [5.74, 6) is 0. The van der Waals surface area contributed by atoms with Crippen LogP contribution in [0.15, 0.2) is 18.2 Å². The molecule has 1 aliphatic rings. The molecule has 1 radical (unpaired) electrons. The van der Waals surface area contributed by atoms with Crippen molar-refractivity contribution in [3.63, 3.8) is 0 Å². The van der Waals surface area contributed by atoms with Crippen LogP contribution in [-0.2, 0) is 0 Å². The molecule has 0 atom stereocenters. The third-order valence-corrected chi connectivity index (χ3v) is 3.54. The minimum Gasteiger partial charge on any atom is -0.384 e. The fourth-order valence-electron chi connectivity index (χ4n) is 2.26. The summed E-state index contributed by atoms with van der Waals surface area (Å²) in [5, 5.41) is 4.13. The lowest BCUT2D eigenvalue weighted by molar-refractivity contribution is 0.228. The number of benzene rings is 1. The second-order valence-corrected chi connectivity index (χ2v) is 5.00. The van der Waals surface area contributed by atoms with E-state index in [0.29, 0.717) is 0 Å². The van der Waals surface area contributed by atoms with Gasteiger partial charge in [0.25, 0.3) is 0 Å². The lowest BCUT2D eigenvalue weighted by atomic mass is 10.1. The van der Waals surface area contributed by atoms with Gasteiger partial charge in [-0.1, -0.05) is 24.1 Å². The SMILES string of the molecule is Clc1c[c]ccc1NCCCN1CCCCC1. The first-order valence-corrected chi connectivity index (χ1v) is 6.86. The highest BCUT2D eigenvalue weighted by atomic mass is 35.5. The van der Waals surface area contributed by atoms with Gasteiger partial charge in [0.2, 0.25) is 0 Å². The minimum atomic E-state index is 0.755. The van der Waals surface area contributed by atoms with Gasteiger partial charge in [0.15, 0.2) is 0 Å². The van der Waals surface area contributed by atoms with Crippen molar-refractivity contribution in [2.75, 3.05) is 31.5 Å². The van der Waals surface area contributed by atoms with Crippen molar-refractivity contribution in [2.45, 2.75) is 25.7 Å².